The molecule has 2 N–H and O–H groups in total. The summed E-state index contributed by atoms with van der Waals surface area (Å²) in [5.74, 6) is 0.654. The van der Waals surface area contributed by atoms with Gasteiger partial charge in [-0.05, 0) is 43.5 Å². The number of nitrogens with one attached hydrogen (secondary N) is 2. The summed E-state index contributed by atoms with van der Waals surface area (Å²) in [5, 5.41) is 3.13. The first-order chi connectivity index (χ1) is 16.1. The predicted octanol–water partition coefficient (Wildman–Crippen LogP) is 6.32. The van der Waals surface area contributed by atoms with Gasteiger partial charge in [0.25, 0.3) is 0 Å². The normalized spacial score (nSPS) is 11.6. The molecule has 0 radical (unpaired) electrons. The first kappa shape index (κ1) is 24.5. The van der Waals surface area contributed by atoms with Crippen molar-refractivity contribution < 1.29 is 4.79 Å². The molecule has 7 heteroatoms. The molecule has 1 atom stereocenters. The van der Waals surface area contributed by atoms with Crippen molar-refractivity contribution >= 4 is 41.0 Å². The van der Waals surface area contributed by atoms with Crippen LogP contribution in [0.15, 0.2) is 67.0 Å². The maximum absolute atomic E-state index is 13.6. The third kappa shape index (κ3) is 5.99. The van der Waals surface area contributed by atoms with Crippen molar-refractivity contribution in [3.8, 4) is 0 Å². The molecule has 2 aromatic carbocycles. The Bertz CT molecular complexity index is 1070. The fourth-order valence-corrected chi connectivity index (χ4v) is 4.20. The number of amides is 1. The molecular formula is C26H33N5OS. The fourth-order valence-electron chi connectivity index (χ4n) is 4.00. The van der Waals surface area contributed by atoms with Crippen molar-refractivity contribution in [2.75, 3.05) is 28.2 Å². The Morgan fingerprint density at radius 2 is 1.58 bits per heavy atom. The van der Waals surface area contributed by atoms with Crippen LogP contribution in [0.3, 0.4) is 0 Å². The SMILES string of the molecule is CCCN(c1ccccc1)c1[nH]cnc(=S)c1NC(=O)C(CC)N(CCC)c1ccccc1. The summed E-state index contributed by atoms with van der Waals surface area (Å²) < 4.78 is 0.366. The Kier molecular flexibility index (Phi) is 9.01. The summed E-state index contributed by atoms with van der Waals surface area (Å²) in [5.41, 5.74) is 2.60. The Hall–Kier alpha value is -3.19. The number of nitrogens with zero attached hydrogens (tertiary/aromatic N) is 3. The second-order valence-electron chi connectivity index (χ2n) is 7.86. The van der Waals surface area contributed by atoms with Crippen molar-refractivity contribution in [1.82, 2.24) is 9.97 Å². The number of benzene rings is 2. The Balaban J connectivity index is 1.96. The lowest BCUT2D eigenvalue weighted by atomic mass is 10.1. The molecule has 0 bridgehead atoms. The van der Waals surface area contributed by atoms with E-state index in [1.807, 2.05) is 67.6 Å². The lowest BCUT2D eigenvalue weighted by Gasteiger charge is -2.32. The van der Waals surface area contributed by atoms with Gasteiger partial charge in [0.1, 0.15) is 17.5 Å². The van der Waals surface area contributed by atoms with Crippen LogP contribution in [-0.4, -0.2) is 35.0 Å². The minimum Gasteiger partial charge on any atom is -0.360 e. The van der Waals surface area contributed by atoms with E-state index in [1.165, 1.54) is 0 Å². The second kappa shape index (κ2) is 12.2. The topological polar surface area (TPSA) is 64.3 Å². The van der Waals surface area contributed by atoms with Gasteiger partial charge in [0.15, 0.2) is 4.64 Å². The highest BCUT2D eigenvalue weighted by Crippen LogP contribution is 2.31. The highest BCUT2D eigenvalue weighted by molar-refractivity contribution is 7.71. The minimum atomic E-state index is -0.328. The highest BCUT2D eigenvalue weighted by Gasteiger charge is 2.26. The molecule has 0 spiro atoms. The van der Waals surface area contributed by atoms with Crippen LogP contribution in [0.2, 0.25) is 0 Å². The average molecular weight is 464 g/mol. The molecule has 3 aromatic rings. The van der Waals surface area contributed by atoms with Crippen molar-refractivity contribution in [2.45, 2.75) is 46.1 Å². The van der Waals surface area contributed by atoms with Crippen LogP contribution in [0, 0.1) is 4.64 Å². The quantitative estimate of drug-likeness (QED) is 0.326. The third-order valence-electron chi connectivity index (χ3n) is 5.48. The average Bonchev–Trinajstić information content (AvgIpc) is 2.85. The molecule has 0 saturated carbocycles. The molecule has 33 heavy (non-hydrogen) atoms. The molecular weight excluding hydrogens is 430 g/mol. The molecule has 1 aromatic heterocycles. The number of aromatic amines is 1. The van der Waals surface area contributed by atoms with E-state index in [0.717, 1.165) is 43.1 Å². The molecule has 3 rings (SSSR count). The van der Waals surface area contributed by atoms with Crippen LogP contribution < -0.4 is 15.1 Å². The van der Waals surface area contributed by atoms with Gasteiger partial charge in [-0.15, -0.1) is 0 Å². The van der Waals surface area contributed by atoms with Gasteiger partial charge in [0, 0.05) is 24.5 Å². The summed E-state index contributed by atoms with van der Waals surface area (Å²) in [6.07, 6.45) is 4.13. The molecule has 174 valence electrons. The molecule has 0 fully saturated rings. The maximum atomic E-state index is 13.6. The molecule has 1 heterocycles. The fraction of sp³-hybridized carbons (Fsp3) is 0.346. The van der Waals surface area contributed by atoms with E-state index in [1.54, 1.807) is 6.33 Å². The van der Waals surface area contributed by atoms with Gasteiger partial charge >= 0.3 is 0 Å². The van der Waals surface area contributed by atoms with Crippen molar-refractivity contribution in [2.24, 2.45) is 0 Å². The summed E-state index contributed by atoms with van der Waals surface area (Å²) in [7, 11) is 0. The standard InChI is InChI=1S/C26H33N5OS/c1-4-17-30(20-13-9-7-10-14-20)22(6-3)25(32)29-23-24(27-19-28-26(23)33)31(18-5-2)21-15-11-8-12-16-21/h7-16,19,22H,4-6,17-18H2,1-3H3,(H,29,32)(H,27,28,33). The Morgan fingerprint density at radius 1 is 0.970 bits per heavy atom. The first-order valence-electron chi connectivity index (χ1n) is 11.6. The van der Waals surface area contributed by atoms with Gasteiger partial charge in [-0.1, -0.05) is 69.4 Å². The summed E-state index contributed by atoms with van der Waals surface area (Å²) >= 11 is 5.56. The molecule has 1 unspecified atom stereocenters. The van der Waals surface area contributed by atoms with Crippen LogP contribution in [-0.2, 0) is 4.79 Å². The zero-order valence-corrected chi connectivity index (χ0v) is 20.4. The molecule has 0 aliphatic rings. The largest absolute Gasteiger partial charge is 0.360 e. The van der Waals surface area contributed by atoms with Gasteiger partial charge in [0.2, 0.25) is 5.91 Å². The summed E-state index contributed by atoms with van der Waals surface area (Å²) in [6.45, 7) is 7.84. The van der Waals surface area contributed by atoms with Gasteiger partial charge < -0.3 is 20.1 Å². The van der Waals surface area contributed by atoms with E-state index in [9.17, 15) is 4.79 Å². The number of para-hydroxylation sites is 2. The molecule has 0 saturated heterocycles. The lowest BCUT2D eigenvalue weighted by Crippen LogP contribution is -2.44. The number of hydrogen-bond donors (Lipinski definition) is 2. The zero-order chi connectivity index (χ0) is 23.6. The lowest BCUT2D eigenvalue weighted by molar-refractivity contribution is -0.117. The highest BCUT2D eigenvalue weighted by atomic mass is 32.1. The Labute approximate surface area is 201 Å². The van der Waals surface area contributed by atoms with Crippen LogP contribution in [0.25, 0.3) is 0 Å². The number of hydrogen-bond acceptors (Lipinski definition) is 5. The van der Waals surface area contributed by atoms with E-state index >= 15 is 0 Å². The monoisotopic (exact) mass is 463 g/mol. The first-order valence-corrected chi connectivity index (χ1v) is 12.0. The number of anilines is 4. The zero-order valence-electron chi connectivity index (χ0n) is 19.6. The molecule has 1 amide bonds. The van der Waals surface area contributed by atoms with E-state index in [-0.39, 0.29) is 11.9 Å². The van der Waals surface area contributed by atoms with E-state index in [2.05, 4.69) is 38.9 Å². The van der Waals surface area contributed by atoms with Crippen molar-refractivity contribution in [3.63, 3.8) is 0 Å². The molecule has 0 aliphatic heterocycles. The van der Waals surface area contributed by atoms with Gasteiger partial charge in [0.05, 0.1) is 6.33 Å². The smallest absolute Gasteiger partial charge is 0.247 e. The predicted molar refractivity (Wildman–Crippen MR) is 140 cm³/mol. The van der Waals surface area contributed by atoms with Crippen LogP contribution in [0.1, 0.15) is 40.0 Å². The van der Waals surface area contributed by atoms with Gasteiger partial charge in [-0.25, -0.2) is 4.98 Å². The number of aromatic nitrogens is 2. The van der Waals surface area contributed by atoms with Crippen molar-refractivity contribution in [1.29, 1.82) is 0 Å². The number of carbonyl (C=O) groups excluding carboxylic acids is 1. The second-order valence-corrected chi connectivity index (χ2v) is 8.25. The van der Waals surface area contributed by atoms with Gasteiger partial charge in [-0.2, -0.15) is 0 Å². The Morgan fingerprint density at radius 3 is 2.15 bits per heavy atom. The molecule has 6 nitrogen and oxygen atoms in total. The number of H-pyrrole nitrogens is 1. The van der Waals surface area contributed by atoms with Crippen LogP contribution >= 0.6 is 12.2 Å². The van der Waals surface area contributed by atoms with Crippen molar-refractivity contribution in [3.05, 3.63) is 71.6 Å². The molecule has 0 aliphatic carbocycles. The van der Waals surface area contributed by atoms with E-state index in [0.29, 0.717) is 16.7 Å². The third-order valence-corrected chi connectivity index (χ3v) is 5.79. The maximum Gasteiger partial charge on any atom is 0.247 e. The number of carbonyl (C=O) groups is 1. The minimum absolute atomic E-state index is 0.0898. The van der Waals surface area contributed by atoms with E-state index in [4.69, 9.17) is 12.2 Å². The van der Waals surface area contributed by atoms with E-state index < -0.39 is 0 Å². The number of rotatable bonds is 11. The summed E-state index contributed by atoms with van der Waals surface area (Å²) in [4.78, 5) is 25.4. The van der Waals surface area contributed by atoms with Crippen LogP contribution in [0.5, 0.6) is 0 Å². The summed E-state index contributed by atoms with van der Waals surface area (Å²) in [6, 6.07) is 19.8. The van der Waals surface area contributed by atoms with Crippen LogP contribution in [0.4, 0.5) is 22.9 Å². The van der Waals surface area contributed by atoms with Gasteiger partial charge in [-0.3, -0.25) is 4.79 Å².